The Kier molecular flexibility index (Phi) is 4.30. The number of piperazine rings is 1. The van der Waals surface area contributed by atoms with Gasteiger partial charge in [0.2, 0.25) is 5.91 Å². The fourth-order valence-electron chi connectivity index (χ4n) is 2.65. The number of carbonyl (C=O) groups excluding carboxylic acids is 2. The summed E-state index contributed by atoms with van der Waals surface area (Å²) in [6.07, 6.45) is 0. The average Bonchev–Trinajstić information content (AvgIpc) is 2.88. The van der Waals surface area contributed by atoms with E-state index < -0.39 is 6.04 Å². The minimum atomic E-state index is -0.396. The maximum absolute atomic E-state index is 12.5. The Hall–Kier alpha value is -1.59. The van der Waals surface area contributed by atoms with Gasteiger partial charge in [0, 0.05) is 31.7 Å². The highest BCUT2D eigenvalue weighted by molar-refractivity contribution is 5.98. The minimum Gasteiger partial charge on any atom is -0.353 e. The summed E-state index contributed by atoms with van der Waals surface area (Å²) in [5.74, 6) is -0.139. The third-order valence-electron chi connectivity index (χ3n) is 3.84. The monoisotopic (exact) mass is 295 g/mol. The second-order valence-corrected chi connectivity index (χ2v) is 5.05. The molecule has 1 aromatic rings. The smallest absolute Gasteiger partial charge is 0.254 e. The molecule has 5 nitrogen and oxygen atoms in total. The minimum absolute atomic E-state index is 0. The lowest BCUT2D eigenvalue weighted by atomic mass is 10.0. The first kappa shape index (κ1) is 14.8. The largest absolute Gasteiger partial charge is 0.353 e. The normalized spacial score (nSPS) is 20.9. The SMILES string of the molecule is CC1C(=O)NCCN1C(=O)c1ccc2c(c1)CNC2.Cl. The lowest BCUT2D eigenvalue weighted by Crippen LogP contribution is -2.55. The highest BCUT2D eigenvalue weighted by atomic mass is 35.5. The molecule has 0 bridgehead atoms. The Morgan fingerprint density at radius 2 is 2.05 bits per heavy atom. The maximum Gasteiger partial charge on any atom is 0.254 e. The molecule has 2 amide bonds. The first-order valence-electron chi connectivity index (χ1n) is 6.58. The molecule has 0 aliphatic carbocycles. The molecular weight excluding hydrogens is 278 g/mol. The van der Waals surface area contributed by atoms with Crippen LogP contribution in [0.3, 0.4) is 0 Å². The molecule has 0 aromatic heterocycles. The molecule has 108 valence electrons. The number of benzene rings is 1. The Morgan fingerprint density at radius 1 is 1.30 bits per heavy atom. The molecule has 0 saturated carbocycles. The second kappa shape index (κ2) is 5.81. The molecule has 1 unspecified atom stereocenters. The number of carbonyl (C=O) groups is 2. The van der Waals surface area contributed by atoms with Crippen LogP contribution < -0.4 is 10.6 Å². The number of rotatable bonds is 1. The molecule has 2 aliphatic rings. The Morgan fingerprint density at radius 3 is 2.85 bits per heavy atom. The molecule has 2 N–H and O–H groups in total. The zero-order valence-corrected chi connectivity index (χ0v) is 12.1. The quantitative estimate of drug-likeness (QED) is 0.801. The first-order valence-corrected chi connectivity index (χ1v) is 6.58. The zero-order chi connectivity index (χ0) is 13.4. The first-order chi connectivity index (χ1) is 9.16. The van der Waals surface area contributed by atoms with Crippen molar-refractivity contribution in [2.75, 3.05) is 13.1 Å². The predicted octanol–water partition coefficient (Wildman–Crippen LogP) is 0.672. The van der Waals surface area contributed by atoms with E-state index in [1.165, 1.54) is 11.1 Å². The van der Waals surface area contributed by atoms with Gasteiger partial charge in [0.15, 0.2) is 0 Å². The molecule has 1 aromatic carbocycles. The molecule has 2 heterocycles. The van der Waals surface area contributed by atoms with E-state index in [0.717, 1.165) is 13.1 Å². The number of hydrogen-bond acceptors (Lipinski definition) is 3. The molecule has 2 aliphatic heterocycles. The van der Waals surface area contributed by atoms with Gasteiger partial charge in [-0.3, -0.25) is 9.59 Å². The molecule has 6 heteroatoms. The van der Waals surface area contributed by atoms with E-state index in [4.69, 9.17) is 0 Å². The van der Waals surface area contributed by atoms with Gasteiger partial charge in [-0.2, -0.15) is 0 Å². The molecule has 0 radical (unpaired) electrons. The van der Waals surface area contributed by atoms with E-state index in [-0.39, 0.29) is 24.2 Å². The molecule has 3 rings (SSSR count). The second-order valence-electron chi connectivity index (χ2n) is 5.05. The Balaban J connectivity index is 0.00000147. The van der Waals surface area contributed by atoms with Crippen molar-refractivity contribution in [1.29, 1.82) is 0 Å². The van der Waals surface area contributed by atoms with Gasteiger partial charge < -0.3 is 15.5 Å². The van der Waals surface area contributed by atoms with Crippen molar-refractivity contribution in [3.63, 3.8) is 0 Å². The summed E-state index contributed by atoms with van der Waals surface area (Å²) in [5, 5.41) is 6.03. The van der Waals surface area contributed by atoms with Gasteiger partial charge in [-0.1, -0.05) is 6.07 Å². The third-order valence-corrected chi connectivity index (χ3v) is 3.84. The van der Waals surface area contributed by atoms with Crippen molar-refractivity contribution in [1.82, 2.24) is 15.5 Å². The van der Waals surface area contributed by atoms with Crippen LogP contribution in [-0.4, -0.2) is 35.8 Å². The van der Waals surface area contributed by atoms with E-state index in [2.05, 4.69) is 10.6 Å². The van der Waals surface area contributed by atoms with Crippen LogP contribution in [0.2, 0.25) is 0 Å². The summed E-state index contributed by atoms with van der Waals surface area (Å²) in [6, 6.07) is 5.40. The number of fused-ring (bicyclic) bond motifs is 1. The van der Waals surface area contributed by atoms with Gasteiger partial charge in [-0.25, -0.2) is 0 Å². The molecule has 1 atom stereocenters. The van der Waals surface area contributed by atoms with Crippen LogP contribution in [0.15, 0.2) is 18.2 Å². The number of hydrogen-bond donors (Lipinski definition) is 2. The van der Waals surface area contributed by atoms with Gasteiger partial charge in [-0.15, -0.1) is 12.4 Å². The van der Waals surface area contributed by atoms with Crippen molar-refractivity contribution >= 4 is 24.2 Å². The van der Waals surface area contributed by atoms with Crippen LogP contribution in [0, 0.1) is 0 Å². The van der Waals surface area contributed by atoms with Crippen molar-refractivity contribution in [2.45, 2.75) is 26.1 Å². The number of amides is 2. The third kappa shape index (κ3) is 2.51. The van der Waals surface area contributed by atoms with Crippen LogP contribution in [0.25, 0.3) is 0 Å². The van der Waals surface area contributed by atoms with Gasteiger partial charge in [0.1, 0.15) is 6.04 Å². The standard InChI is InChI=1S/C14H17N3O2.ClH/c1-9-13(18)16-4-5-17(9)14(19)10-2-3-11-7-15-8-12(11)6-10;/h2-3,6,9,15H,4-5,7-8H2,1H3,(H,16,18);1H. The van der Waals surface area contributed by atoms with E-state index in [1.807, 2.05) is 18.2 Å². The molecule has 20 heavy (non-hydrogen) atoms. The number of nitrogens with one attached hydrogen (secondary N) is 2. The molecular formula is C14H18ClN3O2. The summed E-state index contributed by atoms with van der Waals surface area (Å²) in [7, 11) is 0. The van der Waals surface area contributed by atoms with Crippen molar-refractivity contribution in [3.05, 3.63) is 34.9 Å². The Bertz CT molecular complexity index is 547. The fraction of sp³-hybridized carbons (Fsp3) is 0.429. The van der Waals surface area contributed by atoms with Crippen molar-refractivity contribution in [2.24, 2.45) is 0 Å². The van der Waals surface area contributed by atoms with E-state index in [9.17, 15) is 9.59 Å². The summed E-state index contributed by atoms with van der Waals surface area (Å²) in [4.78, 5) is 25.7. The molecule has 0 spiro atoms. The van der Waals surface area contributed by atoms with Crippen LogP contribution in [-0.2, 0) is 17.9 Å². The van der Waals surface area contributed by atoms with E-state index in [0.29, 0.717) is 18.7 Å². The maximum atomic E-state index is 12.5. The van der Waals surface area contributed by atoms with Gasteiger partial charge in [-0.05, 0) is 30.2 Å². The fourth-order valence-corrected chi connectivity index (χ4v) is 2.65. The topological polar surface area (TPSA) is 61.4 Å². The van der Waals surface area contributed by atoms with Crippen molar-refractivity contribution in [3.8, 4) is 0 Å². The highest BCUT2D eigenvalue weighted by Gasteiger charge is 2.30. The molecule has 1 saturated heterocycles. The van der Waals surface area contributed by atoms with E-state index in [1.54, 1.807) is 11.8 Å². The lowest BCUT2D eigenvalue weighted by Gasteiger charge is -2.32. The van der Waals surface area contributed by atoms with Crippen LogP contribution in [0.1, 0.15) is 28.4 Å². The van der Waals surface area contributed by atoms with Crippen LogP contribution >= 0.6 is 12.4 Å². The predicted molar refractivity (Wildman–Crippen MR) is 77.7 cm³/mol. The van der Waals surface area contributed by atoms with E-state index >= 15 is 0 Å². The average molecular weight is 296 g/mol. The zero-order valence-electron chi connectivity index (χ0n) is 11.3. The summed E-state index contributed by atoms with van der Waals surface area (Å²) < 4.78 is 0. The summed E-state index contributed by atoms with van der Waals surface area (Å²) >= 11 is 0. The lowest BCUT2D eigenvalue weighted by molar-refractivity contribution is -0.127. The number of nitrogens with zero attached hydrogens (tertiary/aromatic N) is 1. The van der Waals surface area contributed by atoms with Gasteiger partial charge in [0.05, 0.1) is 0 Å². The van der Waals surface area contributed by atoms with Crippen LogP contribution in [0.4, 0.5) is 0 Å². The Labute approximate surface area is 124 Å². The van der Waals surface area contributed by atoms with Crippen molar-refractivity contribution < 1.29 is 9.59 Å². The van der Waals surface area contributed by atoms with Gasteiger partial charge in [0.25, 0.3) is 5.91 Å². The van der Waals surface area contributed by atoms with Crippen LogP contribution in [0.5, 0.6) is 0 Å². The van der Waals surface area contributed by atoms with Gasteiger partial charge >= 0.3 is 0 Å². The number of halogens is 1. The molecule has 1 fully saturated rings. The highest BCUT2D eigenvalue weighted by Crippen LogP contribution is 2.19. The summed E-state index contributed by atoms with van der Waals surface area (Å²) in [6.45, 7) is 4.54. The summed E-state index contributed by atoms with van der Waals surface area (Å²) in [5.41, 5.74) is 3.10.